The summed E-state index contributed by atoms with van der Waals surface area (Å²) in [6.07, 6.45) is 3.82. The fourth-order valence-corrected chi connectivity index (χ4v) is 6.26. The lowest BCUT2D eigenvalue weighted by Gasteiger charge is -2.51. The van der Waals surface area contributed by atoms with E-state index in [2.05, 4.69) is 61.2 Å². The number of nitrogens with one attached hydrogen (secondary N) is 1. The van der Waals surface area contributed by atoms with Crippen molar-refractivity contribution in [1.82, 2.24) is 9.97 Å². The van der Waals surface area contributed by atoms with Gasteiger partial charge in [0.1, 0.15) is 5.69 Å². The molecule has 0 spiro atoms. The second-order valence-electron chi connectivity index (χ2n) is 11.0. The molecule has 0 saturated carbocycles. The number of aromatic nitrogens is 2. The van der Waals surface area contributed by atoms with Gasteiger partial charge in [0.25, 0.3) is 0 Å². The van der Waals surface area contributed by atoms with E-state index in [9.17, 15) is 9.59 Å². The molecule has 1 aliphatic heterocycles. The van der Waals surface area contributed by atoms with Crippen LogP contribution in [0.25, 0.3) is 0 Å². The van der Waals surface area contributed by atoms with Crippen molar-refractivity contribution in [1.29, 1.82) is 0 Å². The van der Waals surface area contributed by atoms with Crippen LogP contribution in [0.5, 0.6) is 0 Å². The lowest BCUT2D eigenvalue weighted by molar-refractivity contribution is -0.117. The highest BCUT2D eigenvalue weighted by Gasteiger charge is 2.47. The average Bonchev–Trinajstić information content (AvgIpc) is 2.79. The highest BCUT2D eigenvalue weighted by molar-refractivity contribution is 6.30. The van der Waals surface area contributed by atoms with Gasteiger partial charge in [0, 0.05) is 52.5 Å². The zero-order valence-corrected chi connectivity index (χ0v) is 22.1. The summed E-state index contributed by atoms with van der Waals surface area (Å²) >= 11 is 6.20. The molecule has 1 amide bonds. The summed E-state index contributed by atoms with van der Waals surface area (Å²) in [5, 5.41) is 3.99. The number of hydrogen-bond acceptors (Lipinski definition) is 5. The predicted molar refractivity (Wildman–Crippen MR) is 143 cm³/mol. The van der Waals surface area contributed by atoms with Gasteiger partial charge in [0.2, 0.25) is 11.9 Å². The van der Waals surface area contributed by atoms with Crippen molar-refractivity contribution < 1.29 is 9.59 Å². The Bertz CT molecular complexity index is 1370. The van der Waals surface area contributed by atoms with E-state index in [0.717, 1.165) is 40.9 Å². The van der Waals surface area contributed by atoms with Crippen molar-refractivity contribution >= 4 is 40.6 Å². The minimum atomic E-state index is -0.388. The van der Waals surface area contributed by atoms with Crippen molar-refractivity contribution in [2.45, 2.75) is 64.8 Å². The molecule has 0 saturated heterocycles. The molecule has 3 aromatic rings. The van der Waals surface area contributed by atoms with Gasteiger partial charge in [-0.3, -0.25) is 9.59 Å². The van der Waals surface area contributed by atoms with Crippen LogP contribution in [0.2, 0.25) is 5.02 Å². The number of benzene rings is 2. The smallest absolute Gasteiger partial charge is 0.227 e. The third-order valence-corrected chi connectivity index (χ3v) is 7.76. The van der Waals surface area contributed by atoms with Crippen molar-refractivity contribution in [3.63, 3.8) is 0 Å². The highest BCUT2D eigenvalue weighted by Crippen LogP contribution is 2.51. The summed E-state index contributed by atoms with van der Waals surface area (Å²) in [5.74, 6) is 0.775. The van der Waals surface area contributed by atoms with Gasteiger partial charge in [-0.2, -0.15) is 0 Å². The van der Waals surface area contributed by atoms with Crippen LogP contribution in [0, 0.1) is 5.92 Å². The number of nitrogens with zero attached hydrogens (tertiary/aromatic N) is 3. The predicted octanol–water partition coefficient (Wildman–Crippen LogP) is 6.48. The second-order valence-corrected chi connectivity index (χ2v) is 11.5. The zero-order valence-electron chi connectivity index (χ0n) is 21.4. The van der Waals surface area contributed by atoms with Crippen molar-refractivity contribution in [3.05, 3.63) is 76.1 Å². The standard InChI is InChI=1S/C29H31ClN4O2/c1-17-12-19-15-31-27(33-26(19)25(36)13-17)32-22-10-11-24-23(14-22)29(5,20-6-8-21(30)9-7-20)16-28(3,4)34(24)18(2)35/h6-11,14-15,17H,12-13,16H2,1-5H3,(H,31,32,33). The topological polar surface area (TPSA) is 75.2 Å². The van der Waals surface area contributed by atoms with Crippen LogP contribution < -0.4 is 10.2 Å². The van der Waals surface area contributed by atoms with Crippen molar-refractivity contribution in [2.75, 3.05) is 10.2 Å². The van der Waals surface area contributed by atoms with E-state index in [1.165, 1.54) is 0 Å². The molecule has 36 heavy (non-hydrogen) atoms. The molecule has 0 radical (unpaired) electrons. The van der Waals surface area contributed by atoms with Gasteiger partial charge < -0.3 is 10.2 Å². The first-order chi connectivity index (χ1) is 17.0. The zero-order chi connectivity index (χ0) is 25.8. The quantitative estimate of drug-likeness (QED) is 0.443. The van der Waals surface area contributed by atoms with Crippen LogP contribution in [-0.4, -0.2) is 27.2 Å². The summed E-state index contributed by atoms with van der Waals surface area (Å²) in [5.41, 5.74) is 4.52. The molecule has 2 atom stereocenters. The molecule has 1 N–H and O–H groups in total. The maximum atomic E-state index is 12.8. The minimum Gasteiger partial charge on any atom is -0.324 e. The molecular weight excluding hydrogens is 472 g/mol. The third-order valence-electron chi connectivity index (χ3n) is 7.51. The highest BCUT2D eigenvalue weighted by atomic mass is 35.5. The van der Waals surface area contributed by atoms with Gasteiger partial charge in [-0.1, -0.05) is 37.6 Å². The second kappa shape index (κ2) is 8.70. The number of hydrogen-bond donors (Lipinski definition) is 1. The molecule has 5 rings (SSSR count). The number of halogens is 1. The summed E-state index contributed by atoms with van der Waals surface area (Å²) in [7, 11) is 0. The number of ketones is 1. The van der Waals surface area contributed by atoms with Gasteiger partial charge in [-0.05, 0) is 74.1 Å². The molecule has 2 aromatic carbocycles. The van der Waals surface area contributed by atoms with Crippen LogP contribution in [0.3, 0.4) is 0 Å². The van der Waals surface area contributed by atoms with E-state index < -0.39 is 0 Å². The van der Waals surface area contributed by atoms with Gasteiger partial charge in [0.05, 0.1) is 0 Å². The lowest BCUT2D eigenvalue weighted by Crippen LogP contribution is -2.55. The first kappa shape index (κ1) is 24.4. The van der Waals surface area contributed by atoms with Gasteiger partial charge in [-0.15, -0.1) is 0 Å². The molecule has 2 aliphatic rings. The molecule has 0 fully saturated rings. The maximum Gasteiger partial charge on any atom is 0.227 e. The fourth-order valence-electron chi connectivity index (χ4n) is 6.14. The SMILES string of the molecule is CC(=O)N1c2ccc(Nc3ncc4c(n3)C(=O)CC(C)C4)cc2C(C)(c2ccc(Cl)cc2)CC1(C)C. The molecule has 0 bridgehead atoms. The summed E-state index contributed by atoms with van der Waals surface area (Å²) < 4.78 is 0. The summed E-state index contributed by atoms with van der Waals surface area (Å²) in [6, 6.07) is 13.9. The monoisotopic (exact) mass is 502 g/mol. The molecular formula is C29H31ClN4O2. The van der Waals surface area contributed by atoms with E-state index in [4.69, 9.17) is 11.6 Å². The third kappa shape index (κ3) is 4.17. The van der Waals surface area contributed by atoms with Crippen LogP contribution in [0.15, 0.2) is 48.7 Å². The van der Waals surface area contributed by atoms with Gasteiger partial charge in [0.15, 0.2) is 5.78 Å². The Morgan fingerprint density at radius 1 is 1.11 bits per heavy atom. The first-order valence-electron chi connectivity index (χ1n) is 12.4. The number of carbonyl (C=O) groups is 2. The molecule has 1 aliphatic carbocycles. The lowest BCUT2D eigenvalue weighted by atomic mass is 9.65. The van der Waals surface area contributed by atoms with Crippen LogP contribution in [0.1, 0.15) is 74.6 Å². The largest absolute Gasteiger partial charge is 0.324 e. The Morgan fingerprint density at radius 3 is 2.53 bits per heavy atom. The summed E-state index contributed by atoms with van der Waals surface area (Å²) in [4.78, 5) is 36.3. The first-order valence-corrected chi connectivity index (χ1v) is 12.7. The Labute approximate surface area is 217 Å². The summed E-state index contributed by atoms with van der Waals surface area (Å²) in [6.45, 7) is 10.1. The maximum absolute atomic E-state index is 12.8. The van der Waals surface area contributed by atoms with E-state index in [1.807, 2.05) is 29.2 Å². The number of anilines is 3. The molecule has 1 aromatic heterocycles. The number of amides is 1. The van der Waals surface area contributed by atoms with Crippen LogP contribution >= 0.6 is 11.6 Å². The fraction of sp³-hybridized carbons (Fsp3) is 0.379. The number of fused-ring (bicyclic) bond motifs is 2. The number of rotatable bonds is 3. The molecule has 186 valence electrons. The van der Waals surface area contributed by atoms with E-state index in [1.54, 1.807) is 13.1 Å². The molecule has 7 heteroatoms. The van der Waals surface area contributed by atoms with E-state index in [0.29, 0.717) is 29.0 Å². The molecule has 6 nitrogen and oxygen atoms in total. The number of carbonyl (C=O) groups excluding carboxylic acids is 2. The average molecular weight is 503 g/mol. The number of Topliss-reactive ketones (excluding diaryl/α,β-unsaturated/α-hetero) is 1. The van der Waals surface area contributed by atoms with Crippen molar-refractivity contribution in [3.8, 4) is 0 Å². The Hall–Kier alpha value is -3.25. The normalized spacial score (nSPS) is 22.6. The van der Waals surface area contributed by atoms with Gasteiger partial charge >= 0.3 is 0 Å². The minimum absolute atomic E-state index is 0.00544. The molecule has 2 unspecified atom stereocenters. The Kier molecular flexibility index (Phi) is 5.91. The molecule has 2 heterocycles. The van der Waals surface area contributed by atoms with E-state index >= 15 is 0 Å². The van der Waals surface area contributed by atoms with Crippen LogP contribution in [-0.2, 0) is 16.6 Å². The van der Waals surface area contributed by atoms with Crippen LogP contribution in [0.4, 0.5) is 17.3 Å². The van der Waals surface area contributed by atoms with Crippen molar-refractivity contribution in [2.24, 2.45) is 5.92 Å². The van der Waals surface area contributed by atoms with Gasteiger partial charge in [-0.25, -0.2) is 9.97 Å². The Balaban J connectivity index is 1.59. The van der Waals surface area contributed by atoms with E-state index in [-0.39, 0.29) is 22.6 Å². The Morgan fingerprint density at radius 2 is 1.83 bits per heavy atom.